The fourth-order valence-corrected chi connectivity index (χ4v) is 3.21. The van der Waals surface area contributed by atoms with Crippen LogP contribution in [-0.4, -0.2) is 30.8 Å². The predicted molar refractivity (Wildman–Crippen MR) is 79.8 cm³/mol. The monoisotopic (exact) mass is 297 g/mol. The summed E-state index contributed by atoms with van der Waals surface area (Å²) in [7, 11) is 0. The van der Waals surface area contributed by atoms with Gasteiger partial charge >= 0.3 is 5.97 Å². The predicted octanol–water partition coefficient (Wildman–Crippen LogP) is 2.73. The first kappa shape index (κ1) is 15.5. The second kappa shape index (κ2) is 7.20. The molecule has 0 spiro atoms. The van der Waals surface area contributed by atoms with Crippen LogP contribution in [0.5, 0.6) is 0 Å². The Morgan fingerprint density at radius 2 is 2.45 bits per heavy atom. The van der Waals surface area contributed by atoms with Gasteiger partial charge in [-0.1, -0.05) is 13.0 Å². The van der Waals surface area contributed by atoms with E-state index >= 15 is 0 Å². The fourth-order valence-electron chi connectivity index (χ4n) is 2.57. The second-order valence-electron chi connectivity index (χ2n) is 5.09. The molecule has 2 heterocycles. The first-order valence-corrected chi connectivity index (χ1v) is 8.14. The van der Waals surface area contributed by atoms with Crippen LogP contribution < -0.4 is 5.32 Å². The highest BCUT2D eigenvalue weighted by molar-refractivity contribution is 7.09. The van der Waals surface area contributed by atoms with Crippen LogP contribution in [0.15, 0.2) is 17.5 Å². The number of carbonyl (C=O) groups is 1. The van der Waals surface area contributed by atoms with Gasteiger partial charge in [-0.25, -0.2) is 0 Å². The number of esters is 1. The zero-order chi connectivity index (χ0) is 14.4. The minimum Gasteiger partial charge on any atom is -0.465 e. The molecule has 0 radical (unpaired) electrons. The van der Waals surface area contributed by atoms with E-state index in [1.54, 1.807) is 11.3 Å². The molecule has 0 amide bonds. The number of hydrogen-bond donors (Lipinski definition) is 1. The third-order valence-corrected chi connectivity index (χ3v) is 4.64. The quantitative estimate of drug-likeness (QED) is 0.820. The van der Waals surface area contributed by atoms with Crippen molar-refractivity contribution in [2.45, 2.75) is 51.3 Å². The van der Waals surface area contributed by atoms with Gasteiger partial charge in [0.2, 0.25) is 0 Å². The van der Waals surface area contributed by atoms with Crippen LogP contribution in [0.2, 0.25) is 0 Å². The van der Waals surface area contributed by atoms with Crippen molar-refractivity contribution in [2.75, 3.05) is 13.2 Å². The van der Waals surface area contributed by atoms with Gasteiger partial charge in [0.05, 0.1) is 12.7 Å². The Labute approximate surface area is 124 Å². The van der Waals surface area contributed by atoms with Crippen LogP contribution in [-0.2, 0) is 20.8 Å². The van der Waals surface area contributed by atoms with Crippen LogP contribution in [0.4, 0.5) is 0 Å². The lowest BCUT2D eigenvalue weighted by Gasteiger charge is -2.39. The minimum absolute atomic E-state index is 0.129. The molecule has 0 aliphatic carbocycles. The smallest absolute Gasteiger partial charge is 0.326 e. The maximum Gasteiger partial charge on any atom is 0.326 e. The summed E-state index contributed by atoms with van der Waals surface area (Å²) in [5.41, 5.74) is -0.598. The Kier molecular flexibility index (Phi) is 5.57. The molecule has 1 saturated heterocycles. The summed E-state index contributed by atoms with van der Waals surface area (Å²) in [5.74, 6) is -0.140. The molecule has 2 atom stereocenters. The lowest BCUT2D eigenvalue weighted by molar-refractivity contribution is -0.158. The summed E-state index contributed by atoms with van der Waals surface area (Å²) in [6.45, 7) is 5.66. The maximum atomic E-state index is 12.4. The zero-order valence-electron chi connectivity index (χ0n) is 12.2. The van der Waals surface area contributed by atoms with Crippen LogP contribution in [0, 0.1) is 0 Å². The Bertz CT molecular complexity index is 421. The van der Waals surface area contributed by atoms with Gasteiger partial charge in [0, 0.05) is 24.4 Å². The topological polar surface area (TPSA) is 47.6 Å². The van der Waals surface area contributed by atoms with Gasteiger partial charge < -0.3 is 9.47 Å². The summed E-state index contributed by atoms with van der Waals surface area (Å²) in [6, 6.07) is 4.10. The summed E-state index contributed by atoms with van der Waals surface area (Å²) < 4.78 is 11.0. The van der Waals surface area contributed by atoms with E-state index in [0.29, 0.717) is 32.6 Å². The van der Waals surface area contributed by atoms with E-state index in [2.05, 4.69) is 18.3 Å². The molecule has 4 nitrogen and oxygen atoms in total. The molecule has 112 valence electrons. The molecule has 2 rings (SSSR count). The van der Waals surface area contributed by atoms with Gasteiger partial charge in [-0.2, -0.15) is 0 Å². The van der Waals surface area contributed by atoms with Crippen molar-refractivity contribution >= 4 is 17.3 Å². The SMILES string of the molecule is CCOC(=O)C1(NCc2cccs2)CCOC(CC)C1. The van der Waals surface area contributed by atoms with Crippen molar-refractivity contribution in [3.63, 3.8) is 0 Å². The average Bonchev–Trinajstić information content (AvgIpc) is 2.99. The van der Waals surface area contributed by atoms with E-state index in [-0.39, 0.29) is 12.1 Å². The Morgan fingerprint density at radius 1 is 1.60 bits per heavy atom. The number of rotatable bonds is 6. The van der Waals surface area contributed by atoms with Crippen LogP contribution in [0.1, 0.15) is 38.0 Å². The fraction of sp³-hybridized carbons (Fsp3) is 0.667. The Balaban J connectivity index is 2.08. The summed E-state index contributed by atoms with van der Waals surface area (Å²) in [4.78, 5) is 13.6. The van der Waals surface area contributed by atoms with Crippen molar-refractivity contribution < 1.29 is 14.3 Å². The highest BCUT2D eigenvalue weighted by Crippen LogP contribution is 2.28. The van der Waals surface area contributed by atoms with Crippen molar-refractivity contribution in [3.8, 4) is 0 Å². The molecule has 1 aliphatic rings. The highest BCUT2D eigenvalue weighted by atomic mass is 32.1. The molecule has 0 aromatic carbocycles. The van der Waals surface area contributed by atoms with Gasteiger partial charge in [0.15, 0.2) is 0 Å². The number of thiophene rings is 1. The summed E-state index contributed by atoms with van der Waals surface area (Å²) >= 11 is 1.70. The van der Waals surface area contributed by atoms with E-state index in [0.717, 1.165) is 6.42 Å². The molecule has 2 unspecified atom stereocenters. The molecule has 1 aliphatic heterocycles. The molecule has 0 saturated carbocycles. The largest absolute Gasteiger partial charge is 0.465 e. The van der Waals surface area contributed by atoms with Gasteiger partial charge in [-0.05, 0) is 31.2 Å². The number of carbonyl (C=O) groups excluding carboxylic acids is 1. The molecule has 1 aromatic heterocycles. The van der Waals surface area contributed by atoms with Gasteiger partial charge in [-0.3, -0.25) is 10.1 Å². The Hall–Kier alpha value is -0.910. The second-order valence-corrected chi connectivity index (χ2v) is 6.12. The molecule has 20 heavy (non-hydrogen) atoms. The van der Waals surface area contributed by atoms with Crippen molar-refractivity contribution in [3.05, 3.63) is 22.4 Å². The number of nitrogens with one attached hydrogen (secondary N) is 1. The standard InChI is InChI=1S/C15H23NO3S/c1-3-12-10-15(7-8-19-12,14(17)18-4-2)16-11-13-6-5-9-20-13/h5-6,9,12,16H,3-4,7-8,10-11H2,1-2H3. The molecular formula is C15H23NO3S. The molecule has 1 fully saturated rings. The third-order valence-electron chi connectivity index (χ3n) is 3.76. The van der Waals surface area contributed by atoms with Gasteiger partial charge in [0.1, 0.15) is 5.54 Å². The highest BCUT2D eigenvalue weighted by Gasteiger charge is 2.44. The number of hydrogen-bond acceptors (Lipinski definition) is 5. The van der Waals surface area contributed by atoms with Crippen LogP contribution >= 0.6 is 11.3 Å². The number of ether oxygens (including phenoxy) is 2. The van der Waals surface area contributed by atoms with Crippen LogP contribution in [0.3, 0.4) is 0 Å². The van der Waals surface area contributed by atoms with E-state index in [1.165, 1.54) is 4.88 Å². The Morgan fingerprint density at radius 3 is 3.10 bits per heavy atom. The maximum absolute atomic E-state index is 12.4. The normalized spacial score (nSPS) is 26.4. The molecule has 1 N–H and O–H groups in total. The van der Waals surface area contributed by atoms with Gasteiger partial charge in [-0.15, -0.1) is 11.3 Å². The van der Waals surface area contributed by atoms with Crippen molar-refractivity contribution in [1.29, 1.82) is 0 Å². The first-order chi connectivity index (χ1) is 9.70. The molecule has 5 heteroatoms. The van der Waals surface area contributed by atoms with Crippen molar-refractivity contribution in [2.24, 2.45) is 0 Å². The van der Waals surface area contributed by atoms with E-state index in [9.17, 15) is 4.79 Å². The minimum atomic E-state index is -0.598. The molecular weight excluding hydrogens is 274 g/mol. The summed E-state index contributed by atoms with van der Waals surface area (Å²) in [6.07, 6.45) is 2.41. The lowest BCUT2D eigenvalue weighted by Crippen LogP contribution is -2.57. The van der Waals surface area contributed by atoms with Crippen LogP contribution in [0.25, 0.3) is 0 Å². The summed E-state index contributed by atoms with van der Waals surface area (Å²) in [5, 5.41) is 5.49. The van der Waals surface area contributed by atoms with E-state index in [4.69, 9.17) is 9.47 Å². The molecule has 0 bridgehead atoms. The third kappa shape index (κ3) is 3.59. The lowest BCUT2D eigenvalue weighted by atomic mass is 9.85. The molecule has 1 aromatic rings. The van der Waals surface area contributed by atoms with E-state index in [1.807, 2.05) is 18.4 Å². The zero-order valence-corrected chi connectivity index (χ0v) is 13.0. The average molecular weight is 297 g/mol. The van der Waals surface area contributed by atoms with E-state index < -0.39 is 5.54 Å². The van der Waals surface area contributed by atoms with Crippen molar-refractivity contribution in [1.82, 2.24) is 5.32 Å². The first-order valence-electron chi connectivity index (χ1n) is 7.26. The van der Waals surface area contributed by atoms with Gasteiger partial charge in [0.25, 0.3) is 0 Å².